The molecule has 7 nitrogen and oxygen atoms in total. The van der Waals surface area contributed by atoms with E-state index in [0.717, 1.165) is 5.56 Å². The van der Waals surface area contributed by atoms with Gasteiger partial charge in [0.2, 0.25) is 5.75 Å². The van der Waals surface area contributed by atoms with Crippen molar-refractivity contribution in [1.29, 1.82) is 0 Å². The smallest absolute Gasteiger partial charge is 0.338 e. The van der Waals surface area contributed by atoms with E-state index in [1.54, 1.807) is 24.5 Å². The van der Waals surface area contributed by atoms with E-state index < -0.39 is 5.97 Å². The molecule has 1 aromatic heterocycles. The highest BCUT2D eigenvalue weighted by Crippen LogP contribution is 2.38. The summed E-state index contributed by atoms with van der Waals surface area (Å²) in [6.07, 6.45) is 4.03. The third-order valence-corrected chi connectivity index (χ3v) is 3.08. The van der Waals surface area contributed by atoms with E-state index in [9.17, 15) is 4.79 Å². The zero-order valence-corrected chi connectivity index (χ0v) is 12.7. The van der Waals surface area contributed by atoms with Crippen LogP contribution in [0.15, 0.2) is 24.5 Å². The number of nitrogens with zero attached hydrogens (tertiary/aromatic N) is 1. The first-order valence-corrected chi connectivity index (χ1v) is 6.64. The Morgan fingerprint density at radius 1 is 1.14 bits per heavy atom. The maximum Gasteiger partial charge on any atom is 0.338 e. The van der Waals surface area contributed by atoms with Crippen LogP contribution in [0.1, 0.15) is 15.9 Å². The highest BCUT2D eigenvalue weighted by molar-refractivity contribution is 5.91. The number of H-pyrrole nitrogens is 1. The lowest BCUT2D eigenvalue weighted by atomic mass is 10.2. The Kier molecular flexibility index (Phi) is 5.24. The lowest BCUT2D eigenvalue weighted by Crippen LogP contribution is -2.09. The number of esters is 1. The highest BCUT2D eigenvalue weighted by atomic mass is 16.5. The van der Waals surface area contributed by atoms with Crippen molar-refractivity contribution in [2.24, 2.45) is 0 Å². The number of benzene rings is 1. The average molecular weight is 306 g/mol. The van der Waals surface area contributed by atoms with Crippen molar-refractivity contribution in [2.75, 3.05) is 27.9 Å². The van der Waals surface area contributed by atoms with E-state index in [2.05, 4.69) is 10.2 Å². The topological polar surface area (TPSA) is 82.7 Å². The molecule has 118 valence electrons. The molecule has 7 heteroatoms. The van der Waals surface area contributed by atoms with Gasteiger partial charge in [-0.1, -0.05) is 0 Å². The predicted molar refractivity (Wildman–Crippen MR) is 78.7 cm³/mol. The Morgan fingerprint density at radius 3 is 2.32 bits per heavy atom. The van der Waals surface area contributed by atoms with Gasteiger partial charge in [0.15, 0.2) is 11.5 Å². The van der Waals surface area contributed by atoms with E-state index in [1.165, 1.54) is 21.3 Å². The molecule has 0 radical (unpaired) electrons. The number of aromatic amines is 1. The van der Waals surface area contributed by atoms with Gasteiger partial charge < -0.3 is 18.9 Å². The molecule has 0 aliphatic heterocycles. The number of rotatable bonds is 7. The molecule has 1 N–H and O–H groups in total. The van der Waals surface area contributed by atoms with Gasteiger partial charge in [-0.05, 0) is 17.7 Å². The molecule has 0 saturated heterocycles. The van der Waals surface area contributed by atoms with Gasteiger partial charge in [0, 0.05) is 12.6 Å². The lowest BCUT2D eigenvalue weighted by molar-refractivity contribution is 0.0508. The van der Waals surface area contributed by atoms with Crippen LogP contribution in [0.4, 0.5) is 0 Å². The summed E-state index contributed by atoms with van der Waals surface area (Å²) in [4.78, 5) is 12.1. The van der Waals surface area contributed by atoms with Crippen molar-refractivity contribution in [3.05, 3.63) is 35.7 Å². The molecular weight excluding hydrogens is 288 g/mol. The first-order valence-electron chi connectivity index (χ1n) is 6.64. The van der Waals surface area contributed by atoms with Crippen LogP contribution in [0.2, 0.25) is 0 Å². The summed E-state index contributed by atoms with van der Waals surface area (Å²) in [5.41, 5.74) is 1.30. The zero-order valence-electron chi connectivity index (χ0n) is 12.7. The van der Waals surface area contributed by atoms with E-state index in [1.807, 2.05) is 0 Å². The van der Waals surface area contributed by atoms with Crippen molar-refractivity contribution < 1.29 is 23.7 Å². The Bertz CT molecular complexity index is 600. The monoisotopic (exact) mass is 306 g/mol. The summed E-state index contributed by atoms with van der Waals surface area (Å²) in [5, 5.41) is 6.54. The normalized spacial score (nSPS) is 10.1. The molecule has 0 aliphatic carbocycles. The van der Waals surface area contributed by atoms with Crippen molar-refractivity contribution >= 4 is 5.97 Å². The second-order valence-corrected chi connectivity index (χ2v) is 4.41. The van der Waals surface area contributed by atoms with Gasteiger partial charge >= 0.3 is 5.97 Å². The summed E-state index contributed by atoms with van der Waals surface area (Å²) < 4.78 is 20.9. The second kappa shape index (κ2) is 7.35. The summed E-state index contributed by atoms with van der Waals surface area (Å²) in [7, 11) is 4.49. The van der Waals surface area contributed by atoms with Crippen LogP contribution in [-0.4, -0.2) is 44.1 Å². The molecular formula is C15H18N2O5. The van der Waals surface area contributed by atoms with Crippen LogP contribution in [0.25, 0.3) is 0 Å². The fourth-order valence-electron chi connectivity index (χ4n) is 1.96. The maximum absolute atomic E-state index is 12.1. The minimum Gasteiger partial charge on any atom is -0.493 e. The van der Waals surface area contributed by atoms with Gasteiger partial charge in [0.1, 0.15) is 0 Å². The Hall–Kier alpha value is -2.70. The summed E-state index contributed by atoms with van der Waals surface area (Å²) >= 11 is 0. The molecule has 0 spiro atoms. The number of carbonyl (C=O) groups excluding carboxylic acids is 1. The first-order chi connectivity index (χ1) is 10.7. The quantitative estimate of drug-likeness (QED) is 0.786. The maximum atomic E-state index is 12.1. The Balaban J connectivity index is 2.08. The Labute approximate surface area is 128 Å². The van der Waals surface area contributed by atoms with Crippen molar-refractivity contribution in [2.45, 2.75) is 6.42 Å². The average Bonchev–Trinajstić information content (AvgIpc) is 3.06. The van der Waals surface area contributed by atoms with E-state index in [4.69, 9.17) is 18.9 Å². The number of hydrogen-bond acceptors (Lipinski definition) is 6. The summed E-state index contributed by atoms with van der Waals surface area (Å²) in [6.45, 7) is 0.259. The van der Waals surface area contributed by atoms with Gasteiger partial charge in [0.25, 0.3) is 0 Å². The van der Waals surface area contributed by atoms with Gasteiger partial charge in [-0.2, -0.15) is 5.10 Å². The molecule has 0 amide bonds. The number of aromatic nitrogens is 2. The predicted octanol–water partition coefficient (Wildman–Crippen LogP) is 1.83. The zero-order chi connectivity index (χ0) is 15.9. The number of hydrogen-bond donors (Lipinski definition) is 1. The molecule has 1 aromatic carbocycles. The largest absolute Gasteiger partial charge is 0.493 e. The minimum absolute atomic E-state index is 0.259. The van der Waals surface area contributed by atoms with Crippen LogP contribution >= 0.6 is 0 Å². The number of ether oxygens (including phenoxy) is 4. The van der Waals surface area contributed by atoms with Crippen LogP contribution in [0.5, 0.6) is 17.2 Å². The van der Waals surface area contributed by atoms with E-state index in [0.29, 0.717) is 29.2 Å². The fourth-order valence-corrected chi connectivity index (χ4v) is 1.96. The van der Waals surface area contributed by atoms with Crippen LogP contribution < -0.4 is 14.2 Å². The highest BCUT2D eigenvalue weighted by Gasteiger charge is 2.17. The second-order valence-electron chi connectivity index (χ2n) is 4.41. The molecule has 0 saturated carbocycles. The Morgan fingerprint density at radius 2 is 1.82 bits per heavy atom. The number of nitrogens with one attached hydrogen (secondary N) is 1. The molecule has 22 heavy (non-hydrogen) atoms. The molecule has 2 rings (SSSR count). The van der Waals surface area contributed by atoms with Crippen molar-refractivity contribution in [3.8, 4) is 17.2 Å². The van der Waals surface area contributed by atoms with Gasteiger partial charge in [-0.15, -0.1) is 0 Å². The molecule has 1 heterocycles. The summed E-state index contributed by atoms with van der Waals surface area (Å²) in [5.74, 6) is 0.787. The molecule has 0 unspecified atom stereocenters. The molecule has 2 aromatic rings. The minimum atomic E-state index is -0.456. The van der Waals surface area contributed by atoms with E-state index in [-0.39, 0.29) is 6.61 Å². The SMILES string of the molecule is COc1cc(C(=O)OCCc2cn[nH]c2)cc(OC)c1OC. The fraction of sp³-hybridized carbons (Fsp3) is 0.333. The van der Waals surface area contributed by atoms with E-state index >= 15 is 0 Å². The van der Waals surface area contributed by atoms with Crippen molar-refractivity contribution in [1.82, 2.24) is 10.2 Å². The molecule has 0 aliphatic rings. The standard InChI is InChI=1S/C15H18N2O5/c1-19-12-6-11(7-13(20-2)14(12)21-3)15(18)22-5-4-10-8-16-17-9-10/h6-9H,4-5H2,1-3H3,(H,16,17). The van der Waals surface area contributed by atoms with Crippen LogP contribution in [0, 0.1) is 0 Å². The number of carbonyl (C=O) groups is 1. The lowest BCUT2D eigenvalue weighted by Gasteiger charge is -2.13. The van der Waals surface area contributed by atoms with Gasteiger partial charge in [-0.3, -0.25) is 5.10 Å². The molecule has 0 atom stereocenters. The van der Waals surface area contributed by atoms with Gasteiger partial charge in [0.05, 0.1) is 39.7 Å². The first kappa shape index (κ1) is 15.7. The third kappa shape index (κ3) is 3.49. The molecule has 0 fully saturated rings. The number of methoxy groups -OCH3 is 3. The summed E-state index contributed by atoms with van der Waals surface area (Å²) in [6, 6.07) is 3.11. The third-order valence-electron chi connectivity index (χ3n) is 3.08. The van der Waals surface area contributed by atoms with Crippen molar-refractivity contribution in [3.63, 3.8) is 0 Å². The van der Waals surface area contributed by atoms with Crippen LogP contribution in [0.3, 0.4) is 0 Å². The van der Waals surface area contributed by atoms with Gasteiger partial charge in [-0.25, -0.2) is 4.79 Å². The molecule has 0 bridgehead atoms. The van der Waals surface area contributed by atoms with Crippen LogP contribution in [-0.2, 0) is 11.2 Å².